The van der Waals surface area contributed by atoms with Gasteiger partial charge < -0.3 is 44.3 Å². The van der Waals surface area contributed by atoms with Crippen LogP contribution in [0.15, 0.2) is 24.3 Å². The molecule has 1 saturated heterocycles. The number of fused-ring (bicyclic) bond motifs is 2. The number of aliphatic hydroxyl groups is 3. The predicted octanol–water partition coefficient (Wildman–Crippen LogP) is 1.37. The number of carbonyl (C=O) groups excluding carboxylic acids is 3. The van der Waals surface area contributed by atoms with Gasteiger partial charge >= 0.3 is 11.9 Å². The Balaban J connectivity index is 1.26. The molecule has 1 aliphatic heterocycles. The first-order valence-corrected chi connectivity index (χ1v) is 17.5. The summed E-state index contributed by atoms with van der Waals surface area (Å²) < 4.78 is 29.4. The molecule has 7 bridgehead atoms. The zero-order valence-electron chi connectivity index (χ0n) is 28.9. The van der Waals surface area contributed by atoms with Crippen molar-refractivity contribution in [2.45, 2.75) is 87.1 Å². The van der Waals surface area contributed by atoms with Crippen LogP contribution in [0.2, 0.25) is 0 Å². The van der Waals surface area contributed by atoms with Crippen molar-refractivity contribution >= 4 is 23.5 Å². The molecule has 5 aliphatic carbocycles. The maximum atomic E-state index is 13.9. The number of hydrogen-bond donors (Lipinski definition) is 4. The van der Waals surface area contributed by atoms with E-state index in [0.717, 1.165) is 0 Å². The Morgan fingerprint density at radius 2 is 1.80 bits per heavy atom. The van der Waals surface area contributed by atoms with Gasteiger partial charge in [0.25, 0.3) is 0 Å². The van der Waals surface area contributed by atoms with Gasteiger partial charge in [0, 0.05) is 69.3 Å². The number of nitrogens with one attached hydrogen (secondary N) is 1. The molecule has 13 atom stereocenters. The largest absolute Gasteiger partial charge is 0.469 e. The smallest absolute Gasteiger partial charge is 0.340 e. The van der Waals surface area contributed by atoms with E-state index < -0.39 is 70.1 Å². The molecule has 6 fully saturated rings. The Morgan fingerprint density at radius 1 is 1.04 bits per heavy atom. The van der Waals surface area contributed by atoms with Crippen LogP contribution in [0.3, 0.4) is 0 Å². The van der Waals surface area contributed by atoms with E-state index in [0.29, 0.717) is 32.4 Å². The van der Waals surface area contributed by atoms with Crippen molar-refractivity contribution in [2.75, 3.05) is 53.5 Å². The molecule has 1 spiro atoms. The molecule has 1 aromatic carbocycles. The van der Waals surface area contributed by atoms with Gasteiger partial charge in [0.15, 0.2) is 0 Å². The number of nitrogens with zero attached hydrogens (tertiary/aromatic N) is 1. The third-order valence-corrected chi connectivity index (χ3v) is 13.8. The molecule has 1 heterocycles. The Labute approximate surface area is 286 Å². The van der Waals surface area contributed by atoms with Crippen LogP contribution in [0, 0.1) is 34.5 Å². The van der Waals surface area contributed by atoms with E-state index in [1.807, 2.05) is 6.92 Å². The number of likely N-dealkylation sites (N-methyl/N-ethyl adjacent to an activating group) is 1. The average Bonchev–Trinajstić information content (AvgIpc) is 3.47. The van der Waals surface area contributed by atoms with Crippen molar-refractivity contribution in [1.29, 1.82) is 0 Å². The highest BCUT2D eigenvalue weighted by Gasteiger charge is 2.91. The molecule has 270 valence electrons. The Bertz CT molecular complexity index is 1490. The number of rotatable bonds is 11. The lowest BCUT2D eigenvalue weighted by molar-refractivity contribution is -0.318. The number of piperidine rings is 1. The van der Waals surface area contributed by atoms with E-state index in [4.69, 9.17) is 18.9 Å². The number of methoxy groups -OCH3 is 4. The second kappa shape index (κ2) is 12.2. The zero-order valence-corrected chi connectivity index (χ0v) is 28.9. The van der Waals surface area contributed by atoms with Gasteiger partial charge in [0.2, 0.25) is 5.91 Å². The first-order chi connectivity index (χ1) is 23.4. The molecule has 0 radical (unpaired) electrons. The van der Waals surface area contributed by atoms with Crippen LogP contribution < -0.4 is 5.32 Å². The van der Waals surface area contributed by atoms with E-state index in [1.54, 1.807) is 45.6 Å². The highest BCUT2D eigenvalue weighted by Crippen LogP contribution is 2.80. The Morgan fingerprint density at radius 3 is 2.47 bits per heavy atom. The molecule has 5 saturated carbocycles. The summed E-state index contributed by atoms with van der Waals surface area (Å²) in [6.45, 7) is 3.12. The first-order valence-electron chi connectivity index (χ1n) is 17.5. The van der Waals surface area contributed by atoms with Crippen molar-refractivity contribution in [3.8, 4) is 0 Å². The van der Waals surface area contributed by atoms with Gasteiger partial charge in [-0.25, -0.2) is 4.79 Å². The second-order valence-electron chi connectivity index (χ2n) is 15.2. The van der Waals surface area contributed by atoms with Gasteiger partial charge in [-0.15, -0.1) is 0 Å². The molecule has 1 unspecified atom stereocenters. The quantitative estimate of drug-likeness (QED) is 0.247. The van der Waals surface area contributed by atoms with Crippen molar-refractivity contribution < 1.29 is 53.4 Å². The normalized spacial score (nSPS) is 44.4. The summed E-state index contributed by atoms with van der Waals surface area (Å²) in [5.74, 6) is -2.93. The summed E-state index contributed by atoms with van der Waals surface area (Å²) in [6.07, 6.45) is -0.560. The maximum Gasteiger partial charge on any atom is 0.340 e. The summed E-state index contributed by atoms with van der Waals surface area (Å²) in [5.41, 5.74) is -4.42. The number of benzene rings is 1. The molecule has 4 N–H and O–H groups in total. The van der Waals surface area contributed by atoms with E-state index in [-0.39, 0.29) is 61.0 Å². The number of ether oxygens (including phenoxy) is 5. The molecular weight excluding hydrogens is 636 g/mol. The van der Waals surface area contributed by atoms with Crippen LogP contribution in [-0.2, 0) is 33.3 Å². The third kappa shape index (κ3) is 4.45. The van der Waals surface area contributed by atoms with Crippen molar-refractivity contribution in [2.24, 2.45) is 34.5 Å². The summed E-state index contributed by atoms with van der Waals surface area (Å²) in [5, 5.41) is 40.7. The summed E-state index contributed by atoms with van der Waals surface area (Å²) in [4.78, 5) is 40.3. The lowest BCUT2D eigenvalue weighted by atomic mass is 9.42. The minimum atomic E-state index is -1.77. The zero-order chi connectivity index (χ0) is 35.1. The van der Waals surface area contributed by atoms with Gasteiger partial charge in [-0.05, 0) is 43.9 Å². The molecule has 1 aromatic rings. The number of esters is 2. The highest BCUT2D eigenvalue weighted by molar-refractivity contribution is 6.01. The van der Waals surface area contributed by atoms with E-state index in [2.05, 4.69) is 15.0 Å². The van der Waals surface area contributed by atoms with E-state index in [9.17, 15) is 29.7 Å². The summed E-state index contributed by atoms with van der Waals surface area (Å²) in [6, 6.07) is 6.05. The number of aliphatic hydroxyl groups excluding tert-OH is 1. The monoisotopic (exact) mass is 686 g/mol. The van der Waals surface area contributed by atoms with Crippen LogP contribution in [0.5, 0.6) is 0 Å². The predicted molar refractivity (Wildman–Crippen MR) is 173 cm³/mol. The molecule has 6 aliphatic rings. The van der Waals surface area contributed by atoms with Gasteiger partial charge in [0.1, 0.15) is 11.2 Å². The lowest BCUT2D eigenvalue weighted by Crippen LogP contribution is -2.82. The molecule has 7 rings (SSSR count). The topological polar surface area (TPSA) is 173 Å². The average molecular weight is 687 g/mol. The maximum absolute atomic E-state index is 13.9. The summed E-state index contributed by atoms with van der Waals surface area (Å²) in [7, 11) is 6.12. The Kier molecular flexibility index (Phi) is 8.69. The number of carbonyl (C=O) groups is 3. The van der Waals surface area contributed by atoms with Crippen LogP contribution >= 0.6 is 0 Å². The number of para-hydroxylation sites is 1. The number of hydrogen-bond acceptors (Lipinski definition) is 12. The first kappa shape index (κ1) is 34.8. The second-order valence-corrected chi connectivity index (χ2v) is 15.2. The minimum absolute atomic E-state index is 0.0148. The molecule has 49 heavy (non-hydrogen) atoms. The van der Waals surface area contributed by atoms with Crippen LogP contribution in [-0.4, -0.2) is 128 Å². The minimum Gasteiger partial charge on any atom is -0.469 e. The van der Waals surface area contributed by atoms with E-state index in [1.165, 1.54) is 7.11 Å². The number of anilines is 1. The van der Waals surface area contributed by atoms with E-state index >= 15 is 0 Å². The molecule has 13 heteroatoms. The fraction of sp³-hybridized carbons (Fsp3) is 0.750. The summed E-state index contributed by atoms with van der Waals surface area (Å²) >= 11 is 0. The molecule has 13 nitrogen and oxygen atoms in total. The van der Waals surface area contributed by atoms with Gasteiger partial charge in [-0.1, -0.05) is 19.1 Å². The lowest BCUT2D eigenvalue weighted by Gasteiger charge is -2.70. The van der Waals surface area contributed by atoms with Crippen molar-refractivity contribution in [3.05, 3.63) is 29.8 Å². The standard InChI is InChI=1S/C36H50N2O11/c1-6-38-17-33(18-49-31(42)19-9-7-8-10-22(19)37-25(39)11-12-26(40)47-4)14-13-24(46-3)35-21-15-20-23(45-2)16-34(43,27(21)28(20)41)36(44,32(35)38)30(48-5)29(33)35/h7-10,20-21,23-24,27-30,32,41,43-44H,6,11-18H2,1-5H3,(H,37,39)/t20-,21-,23+,24+,27-,28+,29-,30+,32?,33+,34-,35+,36+/m1/s1. The molecule has 0 aromatic heterocycles. The third-order valence-electron chi connectivity index (χ3n) is 13.8. The fourth-order valence-corrected chi connectivity index (χ4v) is 12.3. The van der Waals surface area contributed by atoms with Gasteiger partial charge in [-0.2, -0.15) is 0 Å². The van der Waals surface area contributed by atoms with Gasteiger partial charge in [-0.3, -0.25) is 14.5 Å². The Hall–Kier alpha value is -2.65. The van der Waals surface area contributed by atoms with Crippen molar-refractivity contribution in [1.82, 2.24) is 4.90 Å². The fourth-order valence-electron chi connectivity index (χ4n) is 12.3. The molecule has 1 amide bonds. The van der Waals surface area contributed by atoms with Crippen LogP contribution in [0.4, 0.5) is 5.69 Å². The molecular formula is C36H50N2O11. The van der Waals surface area contributed by atoms with Crippen LogP contribution in [0.1, 0.15) is 55.8 Å². The number of amides is 1. The van der Waals surface area contributed by atoms with Crippen LogP contribution in [0.25, 0.3) is 0 Å². The number of likely N-dealkylation sites (tertiary alicyclic amines) is 1. The highest BCUT2D eigenvalue weighted by atomic mass is 16.5. The van der Waals surface area contributed by atoms with Crippen molar-refractivity contribution in [3.63, 3.8) is 0 Å². The SMILES string of the molecule is CCN1C[C@]2(COC(=O)c3ccccc3NC(=O)CCC(=O)OC)CC[C@H](OC)[C@]34C1[C@@](O)([C@@H](OC)[C@H]23)[C@@]1(O)C[C@H](OC)[C@H]2C[C@@H]4[C@@H]1[C@H]2O. The van der Waals surface area contributed by atoms with Gasteiger partial charge in [0.05, 0.1) is 61.8 Å².